The van der Waals surface area contributed by atoms with Crippen molar-refractivity contribution in [1.29, 1.82) is 0 Å². The molecule has 0 radical (unpaired) electrons. The SMILES string of the molecule is COc1ccccc1CCNC(=O)N1CCN(CCN2CCOCC2)CC1. The highest BCUT2D eigenvalue weighted by molar-refractivity contribution is 5.74. The smallest absolute Gasteiger partial charge is 0.317 e. The molecule has 0 saturated carbocycles. The highest BCUT2D eigenvalue weighted by atomic mass is 16.5. The fourth-order valence-electron chi connectivity index (χ4n) is 3.61. The Labute approximate surface area is 162 Å². The zero-order valence-corrected chi connectivity index (χ0v) is 16.4. The molecular weight excluding hydrogens is 344 g/mol. The summed E-state index contributed by atoms with van der Waals surface area (Å²) in [4.78, 5) is 19.2. The Balaban J connectivity index is 1.32. The van der Waals surface area contributed by atoms with Gasteiger partial charge in [0.25, 0.3) is 0 Å². The van der Waals surface area contributed by atoms with Crippen LogP contribution in [-0.2, 0) is 11.2 Å². The number of nitrogens with zero attached hydrogens (tertiary/aromatic N) is 3. The Bertz CT molecular complexity index is 584. The number of urea groups is 1. The Kier molecular flexibility index (Phi) is 7.74. The first kappa shape index (κ1) is 19.9. The van der Waals surface area contributed by atoms with Gasteiger partial charge in [-0.15, -0.1) is 0 Å². The lowest BCUT2D eigenvalue weighted by Gasteiger charge is -2.36. The number of benzene rings is 1. The number of carbonyl (C=O) groups is 1. The average molecular weight is 377 g/mol. The summed E-state index contributed by atoms with van der Waals surface area (Å²) in [5.41, 5.74) is 1.12. The average Bonchev–Trinajstić information content (AvgIpc) is 2.73. The van der Waals surface area contributed by atoms with Gasteiger partial charge >= 0.3 is 6.03 Å². The van der Waals surface area contributed by atoms with Crippen LogP contribution in [0.15, 0.2) is 24.3 Å². The topological polar surface area (TPSA) is 57.3 Å². The summed E-state index contributed by atoms with van der Waals surface area (Å²) in [6, 6.07) is 7.98. The van der Waals surface area contributed by atoms with Gasteiger partial charge in [0.2, 0.25) is 0 Å². The Morgan fingerprint density at radius 1 is 1.04 bits per heavy atom. The zero-order valence-electron chi connectivity index (χ0n) is 16.4. The van der Waals surface area contributed by atoms with Gasteiger partial charge in [0, 0.05) is 58.9 Å². The van der Waals surface area contributed by atoms with Crippen molar-refractivity contribution in [2.24, 2.45) is 0 Å². The molecule has 0 bridgehead atoms. The Hall–Kier alpha value is -1.83. The second-order valence-corrected chi connectivity index (χ2v) is 7.08. The van der Waals surface area contributed by atoms with Crippen LogP contribution >= 0.6 is 0 Å². The monoisotopic (exact) mass is 376 g/mol. The molecule has 0 unspecified atom stereocenters. The molecule has 1 aromatic carbocycles. The van der Waals surface area contributed by atoms with Crippen molar-refractivity contribution < 1.29 is 14.3 Å². The number of hydrogen-bond acceptors (Lipinski definition) is 5. The van der Waals surface area contributed by atoms with Gasteiger partial charge in [0.05, 0.1) is 20.3 Å². The molecular formula is C20H32N4O3. The van der Waals surface area contributed by atoms with E-state index < -0.39 is 0 Å². The number of methoxy groups -OCH3 is 1. The second-order valence-electron chi connectivity index (χ2n) is 7.08. The van der Waals surface area contributed by atoms with E-state index in [1.54, 1.807) is 7.11 Å². The molecule has 0 spiro atoms. The molecule has 150 valence electrons. The van der Waals surface area contributed by atoms with Gasteiger partial charge in [-0.25, -0.2) is 4.79 Å². The third kappa shape index (κ3) is 6.09. The molecule has 2 saturated heterocycles. The maximum Gasteiger partial charge on any atom is 0.317 e. The van der Waals surface area contributed by atoms with E-state index in [2.05, 4.69) is 15.1 Å². The molecule has 2 aliphatic rings. The minimum Gasteiger partial charge on any atom is -0.496 e. The molecule has 1 N–H and O–H groups in total. The van der Waals surface area contributed by atoms with Crippen LogP contribution in [0.25, 0.3) is 0 Å². The summed E-state index contributed by atoms with van der Waals surface area (Å²) in [6.45, 7) is 10.0. The normalized spacial score (nSPS) is 19.1. The lowest BCUT2D eigenvalue weighted by molar-refractivity contribution is 0.0309. The van der Waals surface area contributed by atoms with Crippen LogP contribution < -0.4 is 10.1 Å². The fourth-order valence-corrected chi connectivity index (χ4v) is 3.61. The summed E-state index contributed by atoms with van der Waals surface area (Å²) < 4.78 is 10.8. The molecule has 2 heterocycles. The number of hydrogen-bond donors (Lipinski definition) is 1. The Morgan fingerprint density at radius 3 is 2.41 bits per heavy atom. The van der Waals surface area contributed by atoms with E-state index in [-0.39, 0.29) is 6.03 Å². The molecule has 0 aromatic heterocycles. The molecule has 2 fully saturated rings. The minimum absolute atomic E-state index is 0.0396. The van der Waals surface area contributed by atoms with Crippen LogP contribution in [0.3, 0.4) is 0 Å². The molecule has 2 amide bonds. The molecule has 0 atom stereocenters. The van der Waals surface area contributed by atoms with Crippen molar-refractivity contribution in [3.05, 3.63) is 29.8 Å². The van der Waals surface area contributed by atoms with Crippen molar-refractivity contribution in [3.8, 4) is 5.75 Å². The Morgan fingerprint density at radius 2 is 1.70 bits per heavy atom. The van der Waals surface area contributed by atoms with Crippen molar-refractivity contribution in [2.75, 3.05) is 79.2 Å². The number of nitrogens with one attached hydrogen (secondary N) is 1. The van der Waals surface area contributed by atoms with Crippen molar-refractivity contribution in [1.82, 2.24) is 20.0 Å². The second kappa shape index (κ2) is 10.5. The maximum atomic E-state index is 12.4. The van der Waals surface area contributed by atoms with Gasteiger partial charge in [0.1, 0.15) is 5.75 Å². The van der Waals surface area contributed by atoms with Crippen LogP contribution in [0, 0.1) is 0 Å². The van der Waals surface area contributed by atoms with E-state index in [9.17, 15) is 4.79 Å². The minimum atomic E-state index is 0.0396. The number of morpholine rings is 1. The highest BCUT2D eigenvalue weighted by Gasteiger charge is 2.21. The van der Waals surface area contributed by atoms with E-state index in [1.807, 2.05) is 29.2 Å². The number of ether oxygens (including phenoxy) is 2. The van der Waals surface area contributed by atoms with E-state index >= 15 is 0 Å². The lowest BCUT2D eigenvalue weighted by atomic mass is 10.1. The number of para-hydroxylation sites is 1. The summed E-state index contributed by atoms with van der Waals surface area (Å²) in [5, 5.41) is 3.04. The van der Waals surface area contributed by atoms with E-state index in [4.69, 9.17) is 9.47 Å². The predicted octanol–water partition coefficient (Wildman–Crippen LogP) is 0.897. The first-order chi connectivity index (χ1) is 13.3. The fraction of sp³-hybridized carbons (Fsp3) is 0.650. The predicted molar refractivity (Wildman–Crippen MR) is 105 cm³/mol. The van der Waals surface area contributed by atoms with Gasteiger partial charge < -0.3 is 19.7 Å². The molecule has 3 rings (SSSR count). The van der Waals surface area contributed by atoms with Crippen LogP contribution in [0.5, 0.6) is 5.75 Å². The van der Waals surface area contributed by atoms with Crippen molar-refractivity contribution in [2.45, 2.75) is 6.42 Å². The summed E-state index contributed by atoms with van der Waals surface area (Å²) >= 11 is 0. The van der Waals surface area contributed by atoms with Gasteiger partial charge in [-0.2, -0.15) is 0 Å². The largest absolute Gasteiger partial charge is 0.496 e. The molecule has 0 aliphatic carbocycles. The van der Waals surface area contributed by atoms with Crippen molar-refractivity contribution >= 4 is 6.03 Å². The maximum absolute atomic E-state index is 12.4. The lowest BCUT2D eigenvalue weighted by Crippen LogP contribution is -2.53. The highest BCUT2D eigenvalue weighted by Crippen LogP contribution is 2.17. The third-order valence-electron chi connectivity index (χ3n) is 5.36. The number of carbonyl (C=O) groups excluding carboxylic acids is 1. The van der Waals surface area contributed by atoms with Gasteiger partial charge in [0.15, 0.2) is 0 Å². The van der Waals surface area contributed by atoms with E-state index in [0.717, 1.165) is 83.3 Å². The van der Waals surface area contributed by atoms with Crippen LogP contribution in [0.4, 0.5) is 4.79 Å². The molecule has 1 aromatic rings. The third-order valence-corrected chi connectivity index (χ3v) is 5.36. The summed E-state index contributed by atoms with van der Waals surface area (Å²) in [7, 11) is 1.68. The number of amides is 2. The summed E-state index contributed by atoms with van der Waals surface area (Å²) in [6.07, 6.45) is 0.773. The number of rotatable bonds is 7. The summed E-state index contributed by atoms with van der Waals surface area (Å²) in [5.74, 6) is 0.876. The molecule has 27 heavy (non-hydrogen) atoms. The first-order valence-corrected chi connectivity index (χ1v) is 9.93. The molecule has 7 nitrogen and oxygen atoms in total. The zero-order chi connectivity index (χ0) is 18.9. The van der Waals surface area contributed by atoms with Crippen LogP contribution in [-0.4, -0.2) is 100.0 Å². The standard InChI is InChI=1S/C20H32N4O3/c1-26-19-5-3-2-4-18(19)6-7-21-20(25)24-12-10-22(11-13-24)8-9-23-14-16-27-17-15-23/h2-5H,6-17H2,1H3,(H,21,25). The van der Waals surface area contributed by atoms with E-state index in [1.165, 1.54) is 0 Å². The quantitative estimate of drug-likeness (QED) is 0.766. The van der Waals surface area contributed by atoms with Crippen LogP contribution in [0.2, 0.25) is 0 Å². The molecule has 2 aliphatic heterocycles. The van der Waals surface area contributed by atoms with Gasteiger partial charge in [-0.3, -0.25) is 9.80 Å². The van der Waals surface area contributed by atoms with Crippen molar-refractivity contribution in [3.63, 3.8) is 0 Å². The first-order valence-electron chi connectivity index (χ1n) is 9.93. The number of piperazine rings is 1. The van der Waals surface area contributed by atoms with Gasteiger partial charge in [-0.05, 0) is 18.1 Å². The van der Waals surface area contributed by atoms with E-state index in [0.29, 0.717) is 6.54 Å². The van der Waals surface area contributed by atoms with Gasteiger partial charge in [-0.1, -0.05) is 18.2 Å². The van der Waals surface area contributed by atoms with Crippen LogP contribution in [0.1, 0.15) is 5.56 Å². The molecule has 7 heteroatoms.